The van der Waals surface area contributed by atoms with E-state index < -0.39 is 12.0 Å². The number of carboxylic acids is 1. The van der Waals surface area contributed by atoms with Crippen LogP contribution in [0.3, 0.4) is 0 Å². The highest BCUT2D eigenvalue weighted by molar-refractivity contribution is 7.80. The maximum Gasteiger partial charge on any atom is 0.320 e. The molecule has 0 aromatic rings. The van der Waals surface area contributed by atoms with Gasteiger partial charge in [-0.05, 0) is 18.6 Å². The second-order valence-corrected chi connectivity index (χ2v) is 2.26. The van der Waals surface area contributed by atoms with Crippen LogP contribution in [-0.4, -0.2) is 22.9 Å². The molecule has 3 N–H and O–H groups in total. The molecule has 3 nitrogen and oxygen atoms in total. The number of hydrogen-bond donors (Lipinski definition) is 3. The van der Waals surface area contributed by atoms with Gasteiger partial charge in [-0.3, -0.25) is 4.79 Å². The zero-order valence-electron chi connectivity index (χ0n) is 5.08. The van der Waals surface area contributed by atoms with Crippen molar-refractivity contribution in [3.05, 3.63) is 0 Å². The van der Waals surface area contributed by atoms with Gasteiger partial charge in [0, 0.05) is 0 Å². The monoisotopic (exact) mass is 149 g/mol. The third-order valence-corrected chi connectivity index (χ3v) is 1.31. The van der Waals surface area contributed by atoms with Gasteiger partial charge < -0.3 is 10.8 Å². The predicted octanol–water partition coefficient (Wildman–Crippen LogP) is 0.108. The Balaban J connectivity index is 3.27. The number of nitrogens with two attached hydrogens (primary N) is 1. The molecule has 0 aliphatic carbocycles. The largest absolute Gasteiger partial charge is 0.480 e. The van der Waals surface area contributed by atoms with Crippen molar-refractivity contribution in [1.82, 2.24) is 0 Å². The number of carbonyl (C=O) groups is 1. The van der Waals surface area contributed by atoms with Crippen molar-refractivity contribution >= 4 is 18.6 Å². The van der Waals surface area contributed by atoms with Crippen LogP contribution in [0.4, 0.5) is 0 Å². The van der Waals surface area contributed by atoms with E-state index in [1.54, 1.807) is 0 Å². The van der Waals surface area contributed by atoms with Crippen molar-refractivity contribution in [2.24, 2.45) is 5.73 Å². The second kappa shape index (κ2) is 4.64. The van der Waals surface area contributed by atoms with E-state index in [0.29, 0.717) is 12.2 Å². The number of rotatable bonds is 4. The van der Waals surface area contributed by atoms with Crippen LogP contribution in [0.5, 0.6) is 0 Å². The van der Waals surface area contributed by atoms with Crippen LogP contribution in [0, 0.1) is 0 Å². The molecule has 0 spiro atoms. The minimum absolute atomic E-state index is 0.513. The fraction of sp³-hybridized carbons (Fsp3) is 0.800. The Morgan fingerprint density at radius 2 is 2.33 bits per heavy atom. The summed E-state index contributed by atoms with van der Waals surface area (Å²) in [6.45, 7) is 0. The smallest absolute Gasteiger partial charge is 0.320 e. The van der Waals surface area contributed by atoms with E-state index in [1.165, 1.54) is 0 Å². The Kier molecular flexibility index (Phi) is 4.53. The number of aliphatic carboxylic acids is 1. The molecule has 1 atom stereocenters. The summed E-state index contributed by atoms with van der Waals surface area (Å²) >= 11 is 3.92. The minimum atomic E-state index is -0.934. The Bertz CT molecular complexity index is 97.0. The summed E-state index contributed by atoms with van der Waals surface area (Å²) < 4.78 is 0. The van der Waals surface area contributed by atoms with Gasteiger partial charge in [0.15, 0.2) is 0 Å². The predicted molar refractivity (Wildman–Crippen MR) is 38.7 cm³/mol. The first-order valence-electron chi connectivity index (χ1n) is 2.77. The molecule has 0 radical (unpaired) electrons. The number of hydrogen-bond acceptors (Lipinski definition) is 3. The lowest BCUT2D eigenvalue weighted by molar-refractivity contribution is -0.138. The lowest BCUT2D eigenvalue weighted by atomic mass is 10.2. The van der Waals surface area contributed by atoms with E-state index in [2.05, 4.69) is 12.6 Å². The first-order valence-corrected chi connectivity index (χ1v) is 3.41. The topological polar surface area (TPSA) is 63.3 Å². The van der Waals surface area contributed by atoms with Gasteiger partial charge in [0.25, 0.3) is 0 Å². The van der Waals surface area contributed by atoms with Gasteiger partial charge >= 0.3 is 5.97 Å². The number of thiol groups is 1. The molecule has 0 aliphatic heterocycles. The maximum absolute atomic E-state index is 10.1. The van der Waals surface area contributed by atoms with Gasteiger partial charge in [-0.25, -0.2) is 0 Å². The highest BCUT2D eigenvalue weighted by Gasteiger charge is 2.08. The van der Waals surface area contributed by atoms with Crippen LogP contribution < -0.4 is 5.73 Å². The van der Waals surface area contributed by atoms with Gasteiger partial charge in [-0.1, -0.05) is 0 Å². The van der Waals surface area contributed by atoms with E-state index in [4.69, 9.17) is 10.8 Å². The standard InChI is InChI=1S/C5H11NO2S/c6-4(5(7)8)2-1-3-9/h4,9H,1-3,6H2,(H,7,8)/t4-/m1/s1. The molecule has 4 heteroatoms. The third kappa shape index (κ3) is 4.29. The molecule has 0 heterocycles. The average Bonchev–Trinajstić information content (AvgIpc) is 1.82. The van der Waals surface area contributed by atoms with Crippen LogP contribution in [-0.2, 0) is 4.79 Å². The summed E-state index contributed by atoms with van der Waals surface area (Å²) in [6.07, 6.45) is 1.27. The molecule has 0 rings (SSSR count). The molecular formula is C5H11NO2S. The van der Waals surface area contributed by atoms with Crippen molar-refractivity contribution in [2.45, 2.75) is 18.9 Å². The maximum atomic E-state index is 10.1. The Morgan fingerprint density at radius 1 is 1.78 bits per heavy atom. The Labute approximate surface area is 59.6 Å². The molecule has 0 amide bonds. The molecule has 0 unspecified atom stereocenters. The van der Waals surface area contributed by atoms with Crippen molar-refractivity contribution in [3.63, 3.8) is 0 Å². The van der Waals surface area contributed by atoms with Crippen molar-refractivity contribution in [1.29, 1.82) is 0 Å². The average molecular weight is 149 g/mol. The summed E-state index contributed by atoms with van der Waals surface area (Å²) in [7, 11) is 0. The summed E-state index contributed by atoms with van der Waals surface area (Å²) in [5.41, 5.74) is 5.17. The normalized spacial score (nSPS) is 13.1. The summed E-state index contributed by atoms with van der Waals surface area (Å²) in [4.78, 5) is 10.1. The molecule has 0 saturated heterocycles. The van der Waals surface area contributed by atoms with Gasteiger partial charge in [-0.15, -0.1) is 0 Å². The van der Waals surface area contributed by atoms with E-state index in [-0.39, 0.29) is 0 Å². The van der Waals surface area contributed by atoms with Crippen LogP contribution in [0.25, 0.3) is 0 Å². The second-order valence-electron chi connectivity index (χ2n) is 1.81. The van der Waals surface area contributed by atoms with Gasteiger partial charge in [0.2, 0.25) is 0 Å². The van der Waals surface area contributed by atoms with Crippen LogP contribution in [0.1, 0.15) is 12.8 Å². The highest BCUT2D eigenvalue weighted by Crippen LogP contribution is 1.95. The fourth-order valence-electron chi connectivity index (χ4n) is 0.435. The lowest BCUT2D eigenvalue weighted by Gasteiger charge is -2.02. The molecule has 9 heavy (non-hydrogen) atoms. The number of carboxylic acid groups (broad SMARTS) is 1. The molecular weight excluding hydrogens is 138 g/mol. The van der Waals surface area contributed by atoms with E-state index in [9.17, 15) is 4.79 Å². The van der Waals surface area contributed by atoms with E-state index >= 15 is 0 Å². The first kappa shape index (κ1) is 8.78. The summed E-state index contributed by atoms with van der Waals surface area (Å²) in [5.74, 6) is -0.238. The molecule has 54 valence electrons. The van der Waals surface area contributed by atoms with E-state index in [0.717, 1.165) is 6.42 Å². The Hall–Kier alpha value is -0.220. The van der Waals surface area contributed by atoms with E-state index in [1.807, 2.05) is 0 Å². The molecule has 0 aromatic heterocycles. The molecule has 0 aromatic carbocycles. The molecule has 0 fully saturated rings. The van der Waals surface area contributed by atoms with Crippen LogP contribution in [0.2, 0.25) is 0 Å². The fourth-order valence-corrected chi connectivity index (χ4v) is 0.617. The quantitative estimate of drug-likeness (QED) is 0.497. The highest BCUT2D eigenvalue weighted by atomic mass is 32.1. The minimum Gasteiger partial charge on any atom is -0.480 e. The molecule has 0 saturated carbocycles. The zero-order valence-corrected chi connectivity index (χ0v) is 5.97. The lowest BCUT2D eigenvalue weighted by Crippen LogP contribution is -2.29. The summed E-state index contributed by atoms with van der Waals surface area (Å²) in [5, 5.41) is 8.26. The SMILES string of the molecule is N[C@H](CCCS)C(=O)O. The Morgan fingerprint density at radius 3 is 2.67 bits per heavy atom. The van der Waals surface area contributed by atoms with Gasteiger partial charge in [0.05, 0.1) is 0 Å². The van der Waals surface area contributed by atoms with Gasteiger partial charge in [-0.2, -0.15) is 12.6 Å². The zero-order chi connectivity index (χ0) is 7.28. The first-order chi connectivity index (χ1) is 4.18. The molecule has 0 bridgehead atoms. The third-order valence-electron chi connectivity index (χ3n) is 0.990. The molecule has 0 aliphatic rings. The van der Waals surface area contributed by atoms with Crippen LogP contribution in [0.15, 0.2) is 0 Å². The van der Waals surface area contributed by atoms with Gasteiger partial charge in [0.1, 0.15) is 6.04 Å². The van der Waals surface area contributed by atoms with Crippen molar-refractivity contribution in [3.8, 4) is 0 Å². The van der Waals surface area contributed by atoms with Crippen molar-refractivity contribution < 1.29 is 9.90 Å². The van der Waals surface area contributed by atoms with Crippen molar-refractivity contribution in [2.75, 3.05) is 5.75 Å². The van der Waals surface area contributed by atoms with Crippen LogP contribution >= 0.6 is 12.6 Å². The summed E-state index contributed by atoms with van der Waals surface area (Å²) in [6, 6.07) is -0.711.